The molecule has 3 rings (SSSR count). The molecule has 0 aromatic carbocycles. The monoisotopic (exact) mass is 285 g/mol. The van der Waals surface area contributed by atoms with Crippen LogP contribution >= 0.6 is 0 Å². The number of aliphatic hydroxyl groups is 1. The molecular formula is C13H19NO6. The number of fused-ring (bicyclic) bond motifs is 1. The lowest BCUT2D eigenvalue weighted by atomic mass is 9.92. The van der Waals surface area contributed by atoms with Gasteiger partial charge in [-0.05, 0) is 6.42 Å². The Kier molecular flexibility index (Phi) is 3.43. The highest BCUT2D eigenvalue weighted by atomic mass is 16.7. The summed E-state index contributed by atoms with van der Waals surface area (Å²) in [5.74, 6) is -1.31. The molecule has 1 N–H and O–H groups in total. The van der Waals surface area contributed by atoms with Crippen molar-refractivity contribution in [3.63, 3.8) is 0 Å². The lowest BCUT2D eigenvalue weighted by molar-refractivity contribution is -0.161. The molecule has 0 aromatic rings. The number of hydrogen-bond donors (Lipinski definition) is 1. The fourth-order valence-electron chi connectivity index (χ4n) is 3.33. The Morgan fingerprint density at radius 1 is 1.40 bits per heavy atom. The fraction of sp³-hybridized carbons (Fsp3) is 0.846. The van der Waals surface area contributed by atoms with E-state index in [0.717, 1.165) is 0 Å². The van der Waals surface area contributed by atoms with Crippen molar-refractivity contribution in [2.75, 3.05) is 33.0 Å². The SMILES string of the molecule is O=C1CCC2(C(=O)OCCCO)CC3(CN12)OCCO3. The second-order valence-corrected chi connectivity index (χ2v) is 5.51. The molecule has 0 aliphatic carbocycles. The number of carbonyl (C=O) groups is 2. The molecule has 1 amide bonds. The highest BCUT2D eigenvalue weighted by molar-refractivity contribution is 5.92. The van der Waals surface area contributed by atoms with Gasteiger partial charge in [-0.2, -0.15) is 0 Å². The number of aliphatic hydroxyl groups excluding tert-OH is 1. The van der Waals surface area contributed by atoms with Gasteiger partial charge in [-0.15, -0.1) is 0 Å². The first kappa shape index (κ1) is 13.8. The normalized spacial score (nSPS) is 31.1. The van der Waals surface area contributed by atoms with E-state index in [1.54, 1.807) is 4.90 Å². The van der Waals surface area contributed by atoms with Crippen LogP contribution in [0.5, 0.6) is 0 Å². The summed E-state index contributed by atoms with van der Waals surface area (Å²) in [4.78, 5) is 26.0. The van der Waals surface area contributed by atoms with Gasteiger partial charge < -0.3 is 24.2 Å². The molecule has 3 fully saturated rings. The Morgan fingerprint density at radius 2 is 2.15 bits per heavy atom. The third-order valence-electron chi connectivity index (χ3n) is 4.26. The van der Waals surface area contributed by atoms with Gasteiger partial charge in [-0.25, -0.2) is 4.79 Å². The average molecular weight is 285 g/mol. The van der Waals surface area contributed by atoms with E-state index < -0.39 is 17.3 Å². The summed E-state index contributed by atoms with van der Waals surface area (Å²) in [5.41, 5.74) is -0.948. The van der Waals surface area contributed by atoms with Crippen LogP contribution in [-0.4, -0.2) is 66.2 Å². The molecule has 0 aromatic heterocycles. The van der Waals surface area contributed by atoms with Crippen LogP contribution in [0.2, 0.25) is 0 Å². The smallest absolute Gasteiger partial charge is 0.332 e. The summed E-state index contributed by atoms with van der Waals surface area (Å²) in [6, 6.07) is 0. The van der Waals surface area contributed by atoms with E-state index in [1.807, 2.05) is 0 Å². The number of amides is 1. The Balaban J connectivity index is 1.77. The summed E-state index contributed by atoms with van der Waals surface area (Å²) in [6.07, 6.45) is 1.53. The third-order valence-corrected chi connectivity index (χ3v) is 4.26. The topological polar surface area (TPSA) is 85.3 Å². The van der Waals surface area contributed by atoms with E-state index in [1.165, 1.54) is 0 Å². The molecule has 3 saturated heterocycles. The molecule has 20 heavy (non-hydrogen) atoms. The van der Waals surface area contributed by atoms with Gasteiger partial charge in [0.1, 0.15) is 5.54 Å². The molecule has 1 spiro atoms. The zero-order valence-electron chi connectivity index (χ0n) is 11.3. The quantitative estimate of drug-likeness (QED) is 0.549. The van der Waals surface area contributed by atoms with Crippen molar-refractivity contribution in [2.24, 2.45) is 0 Å². The first-order chi connectivity index (χ1) is 9.62. The van der Waals surface area contributed by atoms with Crippen LogP contribution in [0.25, 0.3) is 0 Å². The number of ether oxygens (including phenoxy) is 3. The largest absolute Gasteiger partial charge is 0.464 e. The van der Waals surface area contributed by atoms with Crippen LogP contribution in [0.15, 0.2) is 0 Å². The van der Waals surface area contributed by atoms with E-state index in [-0.39, 0.29) is 19.1 Å². The molecule has 7 heteroatoms. The second kappa shape index (κ2) is 4.98. The Bertz CT molecular complexity index is 419. The summed E-state index contributed by atoms with van der Waals surface area (Å²) >= 11 is 0. The molecule has 1 unspecified atom stereocenters. The van der Waals surface area contributed by atoms with Crippen LogP contribution in [0.4, 0.5) is 0 Å². The Hall–Kier alpha value is -1.18. The van der Waals surface area contributed by atoms with Gasteiger partial charge in [0.2, 0.25) is 5.91 Å². The van der Waals surface area contributed by atoms with Crippen LogP contribution in [0, 0.1) is 0 Å². The minimum absolute atomic E-state index is 0.0287. The van der Waals surface area contributed by atoms with Crippen LogP contribution in [-0.2, 0) is 23.8 Å². The zero-order valence-corrected chi connectivity index (χ0v) is 11.3. The van der Waals surface area contributed by atoms with Gasteiger partial charge in [-0.3, -0.25) is 4.79 Å². The molecule has 0 bridgehead atoms. The van der Waals surface area contributed by atoms with Crippen molar-refractivity contribution in [1.82, 2.24) is 4.90 Å². The maximum absolute atomic E-state index is 12.4. The van der Waals surface area contributed by atoms with Crippen LogP contribution < -0.4 is 0 Å². The maximum Gasteiger partial charge on any atom is 0.332 e. The summed E-state index contributed by atoms with van der Waals surface area (Å²) < 4.78 is 16.5. The summed E-state index contributed by atoms with van der Waals surface area (Å²) in [5, 5.41) is 8.74. The lowest BCUT2D eigenvalue weighted by Crippen LogP contribution is -2.48. The van der Waals surface area contributed by atoms with Crippen molar-refractivity contribution >= 4 is 11.9 Å². The van der Waals surface area contributed by atoms with Gasteiger partial charge in [0.05, 0.1) is 26.4 Å². The molecule has 0 saturated carbocycles. The van der Waals surface area contributed by atoms with Crippen molar-refractivity contribution in [2.45, 2.75) is 37.0 Å². The van der Waals surface area contributed by atoms with Crippen molar-refractivity contribution in [3.05, 3.63) is 0 Å². The standard InChI is InChI=1S/C13H19NO6/c15-4-1-5-18-11(17)12-3-2-10(16)14(12)9-13(8-12)19-6-7-20-13/h15H,1-9H2. The minimum Gasteiger partial charge on any atom is -0.464 e. The van der Waals surface area contributed by atoms with Crippen molar-refractivity contribution < 1.29 is 28.9 Å². The maximum atomic E-state index is 12.4. The molecule has 3 aliphatic rings. The summed E-state index contributed by atoms with van der Waals surface area (Å²) in [6.45, 7) is 1.39. The molecule has 3 aliphatic heterocycles. The number of hydrogen-bond acceptors (Lipinski definition) is 6. The van der Waals surface area contributed by atoms with Crippen LogP contribution in [0.3, 0.4) is 0 Å². The van der Waals surface area contributed by atoms with E-state index in [9.17, 15) is 9.59 Å². The average Bonchev–Trinajstić information content (AvgIpc) is 3.09. The molecular weight excluding hydrogens is 266 g/mol. The predicted octanol–water partition coefficient (Wildman–Crippen LogP) is -0.580. The van der Waals surface area contributed by atoms with Crippen molar-refractivity contribution in [3.8, 4) is 0 Å². The van der Waals surface area contributed by atoms with Gasteiger partial charge in [0.15, 0.2) is 5.79 Å². The van der Waals surface area contributed by atoms with E-state index in [0.29, 0.717) is 45.4 Å². The highest BCUT2D eigenvalue weighted by Gasteiger charge is 2.65. The number of carbonyl (C=O) groups excluding carboxylic acids is 2. The highest BCUT2D eigenvalue weighted by Crippen LogP contribution is 2.48. The first-order valence-corrected chi connectivity index (χ1v) is 6.98. The Morgan fingerprint density at radius 3 is 2.85 bits per heavy atom. The molecule has 3 heterocycles. The molecule has 0 radical (unpaired) electrons. The van der Waals surface area contributed by atoms with Gasteiger partial charge in [0.25, 0.3) is 0 Å². The zero-order chi connectivity index (χ0) is 14.2. The first-order valence-electron chi connectivity index (χ1n) is 6.98. The van der Waals surface area contributed by atoms with E-state index in [4.69, 9.17) is 19.3 Å². The van der Waals surface area contributed by atoms with Gasteiger partial charge in [-0.1, -0.05) is 0 Å². The second-order valence-electron chi connectivity index (χ2n) is 5.51. The number of nitrogens with zero attached hydrogens (tertiary/aromatic N) is 1. The predicted molar refractivity (Wildman–Crippen MR) is 65.6 cm³/mol. The van der Waals surface area contributed by atoms with Gasteiger partial charge in [0, 0.05) is 25.9 Å². The lowest BCUT2D eigenvalue weighted by Gasteiger charge is -2.28. The third kappa shape index (κ3) is 2.01. The van der Waals surface area contributed by atoms with Crippen molar-refractivity contribution in [1.29, 1.82) is 0 Å². The van der Waals surface area contributed by atoms with E-state index >= 15 is 0 Å². The van der Waals surface area contributed by atoms with Crippen LogP contribution in [0.1, 0.15) is 25.7 Å². The molecule has 7 nitrogen and oxygen atoms in total. The number of rotatable bonds is 4. The number of esters is 1. The summed E-state index contributed by atoms with van der Waals surface area (Å²) in [7, 11) is 0. The van der Waals surface area contributed by atoms with Gasteiger partial charge >= 0.3 is 5.97 Å². The fourth-order valence-corrected chi connectivity index (χ4v) is 3.33. The van der Waals surface area contributed by atoms with E-state index in [2.05, 4.69) is 0 Å². The molecule has 112 valence electrons. The Labute approximate surface area is 116 Å². The minimum atomic E-state index is -0.948. The molecule has 1 atom stereocenters.